The second-order valence-corrected chi connectivity index (χ2v) is 6.89. The van der Waals surface area contributed by atoms with Crippen LogP contribution in [0.15, 0.2) is 48.5 Å². The van der Waals surface area contributed by atoms with Gasteiger partial charge in [-0.25, -0.2) is 0 Å². The summed E-state index contributed by atoms with van der Waals surface area (Å²) in [5.74, 6) is -0.0500. The molecule has 2 aromatic rings. The largest absolute Gasteiger partial charge is 0.348 e. The number of hydrogen-bond donors (Lipinski definition) is 1. The van der Waals surface area contributed by atoms with Crippen LogP contribution < -0.4 is 5.32 Å². The first-order valence-corrected chi connectivity index (χ1v) is 8.89. The fraction of sp³-hybridized carbons (Fsp3) is 0.333. The molecule has 1 N–H and O–H groups in total. The Bertz CT molecular complexity index is 835. The fourth-order valence-corrected chi connectivity index (χ4v) is 3.67. The number of likely N-dealkylation sites (tertiary alicyclic amines) is 1. The molecular weight excluding hydrogens is 310 g/mol. The lowest BCUT2D eigenvalue weighted by atomic mass is 9.95. The van der Waals surface area contributed by atoms with Crippen molar-refractivity contribution in [2.24, 2.45) is 0 Å². The summed E-state index contributed by atoms with van der Waals surface area (Å²) in [5, 5.41) is 12.6. The Morgan fingerprint density at radius 3 is 2.52 bits per heavy atom. The van der Waals surface area contributed by atoms with Crippen LogP contribution in [0.4, 0.5) is 0 Å². The van der Waals surface area contributed by atoms with Crippen LogP contribution in [0.25, 0.3) is 11.1 Å². The molecule has 1 saturated heterocycles. The van der Waals surface area contributed by atoms with Gasteiger partial charge in [0.15, 0.2) is 0 Å². The van der Waals surface area contributed by atoms with Gasteiger partial charge in [0.05, 0.1) is 11.6 Å². The summed E-state index contributed by atoms with van der Waals surface area (Å²) in [6.07, 6.45) is 3.61. The van der Waals surface area contributed by atoms with Crippen molar-refractivity contribution >= 4 is 5.91 Å². The minimum absolute atomic E-state index is 0.0500. The molecule has 1 saturated carbocycles. The average Bonchev–Trinajstić information content (AvgIpc) is 3.41. The van der Waals surface area contributed by atoms with E-state index in [1.54, 1.807) is 6.07 Å². The summed E-state index contributed by atoms with van der Waals surface area (Å²) in [5.41, 5.74) is 2.84. The van der Waals surface area contributed by atoms with Crippen molar-refractivity contribution in [2.75, 3.05) is 13.1 Å². The Labute approximate surface area is 148 Å². The SMILES string of the molecule is N#Cc1ccccc1-c1ccccc1C(=O)NC1CCN(C2CC2)C1. The predicted molar refractivity (Wildman–Crippen MR) is 97.1 cm³/mol. The second-order valence-electron chi connectivity index (χ2n) is 6.89. The molecule has 126 valence electrons. The number of benzene rings is 2. The van der Waals surface area contributed by atoms with E-state index in [0.717, 1.165) is 36.7 Å². The summed E-state index contributed by atoms with van der Waals surface area (Å²) in [7, 11) is 0. The van der Waals surface area contributed by atoms with E-state index in [9.17, 15) is 10.1 Å². The molecule has 1 amide bonds. The van der Waals surface area contributed by atoms with Crippen molar-refractivity contribution in [3.63, 3.8) is 0 Å². The molecule has 25 heavy (non-hydrogen) atoms. The van der Waals surface area contributed by atoms with Gasteiger partial charge in [-0.2, -0.15) is 5.26 Å². The summed E-state index contributed by atoms with van der Waals surface area (Å²) < 4.78 is 0. The molecule has 0 aromatic heterocycles. The molecule has 4 heteroatoms. The van der Waals surface area contributed by atoms with E-state index in [1.807, 2.05) is 42.5 Å². The summed E-state index contributed by atoms with van der Waals surface area (Å²) in [6, 6.07) is 18.1. The van der Waals surface area contributed by atoms with Crippen LogP contribution in [0, 0.1) is 11.3 Å². The number of nitriles is 1. The zero-order valence-electron chi connectivity index (χ0n) is 14.1. The van der Waals surface area contributed by atoms with E-state index in [0.29, 0.717) is 11.1 Å². The van der Waals surface area contributed by atoms with Gasteiger partial charge in [0.1, 0.15) is 0 Å². The lowest BCUT2D eigenvalue weighted by Crippen LogP contribution is -2.37. The van der Waals surface area contributed by atoms with Gasteiger partial charge in [0.25, 0.3) is 5.91 Å². The number of hydrogen-bond acceptors (Lipinski definition) is 3. The first-order chi connectivity index (χ1) is 12.3. The standard InChI is InChI=1S/C21H21N3O/c22-13-15-5-1-2-6-18(15)19-7-3-4-8-20(19)21(25)23-16-11-12-24(14-16)17-9-10-17/h1-8,16-17H,9-12,14H2,(H,23,25). The molecule has 1 aliphatic carbocycles. The maximum atomic E-state index is 12.9. The van der Waals surface area contributed by atoms with Crippen LogP contribution >= 0.6 is 0 Å². The quantitative estimate of drug-likeness (QED) is 0.936. The van der Waals surface area contributed by atoms with E-state index < -0.39 is 0 Å². The Balaban J connectivity index is 1.56. The first-order valence-electron chi connectivity index (χ1n) is 8.89. The molecule has 4 nitrogen and oxygen atoms in total. The first kappa shape index (κ1) is 15.9. The molecule has 0 radical (unpaired) electrons. The Kier molecular flexibility index (Phi) is 4.25. The van der Waals surface area contributed by atoms with Crippen LogP contribution in [0.2, 0.25) is 0 Å². The lowest BCUT2D eigenvalue weighted by Gasteiger charge is -2.17. The van der Waals surface area contributed by atoms with E-state index >= 15 is 0 Å². The van der Waals surface area contributed by atoms with Gasteiger partial charge in [-0.3, -0.25) is 9.69 Å². The maximum Gasteiger partial charge on any atom is 0.252 e. The number of nitrogens with zero attached hydrogens (tertiary/aromatic N) is 2. The van der Waals surface area contributed by atoms with Crippen molar-refractivity contribution in [3.8, 4) is 17.2 Å². The van der Waals surface area contributed by atoms with Gasteiger partial charge in [0.2, 0.25) is 0 Å². The molecule has 2 aliphatic rings. The molecule has 1 unspecified atom stereocenters. The van der Waals surface area contributed by atoms with Crippen molar-refractivity contribution in [1.29, 1.82) is 5.26 Å². The van der Waals surface area contributed by atoms with E-state index in [4.69, 9.17) is 0 Å². The molecule has 2 aromatic carbocycles. The van der Waals surface area contributed by atoms with E-state index in [2.05, 4.69) is 16.3 Å². The highest BCUT2D eigenvalue weighted by molar-refractivity contribution is 6.01. The third kappa shape index (κ3) is 3.29. The van der Waals surface area contributed by atoms with Gasteiger partial charge in [-0.05, 0) is 37.0 Å². The molecular formula is C21H21N3O. The highest BCUT2D eigenvalue weighted by Crippen LogP contribution is 2.30. The average molecular weight is 331 g/mol. The van der Waals surface area contributed by atoms with Crippen LogP contribution in [-0.2, 0) is 0 Å². The summed E-state index contributed by atoms with van der Waals surface area (Å²) in [6.45, 7) is 2.03. The van der Waals surface area contributed by atoms with E-state index in [-0.39, 0.29) is 11.9 Å². The fourth-order valence-electron chi connectivity index (χ4n) is 3.67. The van der Waals surface area contributed by atoms with Crippen molar-refractivity contribution in [2.45, 2.75) is 31.3 Å². The maximum absolute atomic E-state index is 12.9. The van der Waals surface area contributed by atoms with Gasteiger partial charge < -0.3 is 5.32 Å². The van der Waals surface area contributed by atoms with Gasteiger partial charge in [-0.15, -0.1) is 0 Å². The van der Waals surface area contributed by atoms with Gasteiger partial charge >= 0.3 is 0 Å². The topological polar surface area (TPSA) is 56.1 Å². The highest BCUT2D eigenvalue weighted by atomic mass is 16.1. The molecule has 1 atom stereocenters. The normalized spacial score (nSPS) is 20.2. The highest BCUT2D eigenvalue weighted by Gasteiger charge is 2.35. The second kappa shape index (κ2) is 6.70. The molecule has 0 spiro atoms. The third-order valence-electron chi connectivity index (χ3n) is 5.13. The van der Waals surface area contributed by atoms with Crippen LogP contribution in [0.1, 0.15) is 35.2 Å². The number of carbonyl (C=O) groups excluding carboxylic acids is 1. The molecule has 2 fully saturated rings. The minimum atomic E-state index is -0.0500. The number of amides is 1. The molecule has 4 rings (SSSR count). The minimum Gasteiger partial charge on any atom is -0.348 e. The lowest BCUT2D eigenvalue weighted by molar-refractivity contribution is 0.0938. The Morgan fingerprint density at radius 2 is 1.76 bits per heavy atom. The third-order valence-corrected chi connectivity index (χ3v) is 5.13. The van der Waals surface area contributed by atoms with Crippen molar-refractivity contribution in [1.82, 2.24) is 10.2 Å². The smallest absolute Gasteiger partial charge is 0.252 e. The Hall–Kier alpha value is -2.64. The van der Waals surface area contributed by atoms with E-state index in [1.165, 1.54) is 12.8 Å². The summed E-state index contributed by atoms with van der Waals surface area (Å²) in [4.78, 5) is 15.4. The summed E-state index contributed by atoms with van der Waals surface area (Å²) >= 11 is 0. The van der Waals surface area contributed by atoms with Gasteiger partial charge in [-0.1, -0.05) is 36.4 Å². The number of carbonyl (C=O) groups is 1. The van der Waals surface area contributed by atoms with Crippen LogP contribution in [0.5, 0.6) is 0 Å². The molecule has 0 bridgehead atoms. The van der Waals surface area contributed by atoms with Crippen LogP contribution in [0.3, 0.4) is 0 Å². The molecule has 1 heterocycles. The Morgan fingerprint density at radius 1 is 1.04 bits per heavy atom. The molecule has 1 aliphatic heterocycles. The number of rotatable bonds is 4. The van der Waals surface area contributed by atoms with Crippen molar-refractivity contribution < 1.29 is 4.79 Å². The predicted octanol–water partition coefficient (Wildman–Crippen LogP) is 3.19. The van der Waals surface area contributed by atoms with Crippen molar-refractivity contribution in [3.05, 3.63) is 59.7 Å². The van der Waals surface area contributed by atoms with Crippen LogP contribution in [-0.4, -0.2) is 36.0 Å². The number of nitrogens with one attached hydrogen (secondary N) is 1. The zero-order valence-corrected chi connectivity index (χ0v) is 14.1. The van der Waals surface area contributed by atoms with Gasteiger partial charge in [0, 0.05) is 36.3 Å². The monoisotopic (exact) mass is 331 g/mol. The zero-order chi connectivity index (χ0) is 17.2.